The first-order valence-electron chi connectivity index (χ1n) is 3.36. The van der Waals surface area contributed by atoms with E-state index >= 15 is 0 Å². The molecule has 1 fully saturated rings. The maximum Gasteiger partial charge on any atom is 0.310 e. The fraction of sp³-hybridized carbons (Fsp3) is 0.667. The molecule has 1 heterocycles. The topological polar surface area (TPSA) is 75.7 Å². The van der Waals surface area contributed by atoms with E-state index in [0.717, 1.165) is 0 Å². The number of carbonyl (C=O) groups excluding carboxylic acids is 2. The first kappa shape index (κ1) is 9.34. The highest BCUT2D eigenvalue weighted by Gasteiger charge is 2.39. The van der Waals surface area contributed by atoms with Crippen LogP contribution in [0.3, 0.4) is 0 Å². The molecule has 0 N–H and O–H groups in total. The molecule has 0 bridgehead atoms. The van der Waals surface area contributed by atoms with Crippen molar-refractivity contribution in [3.05, 3.63) is 0 Å². The van der Waals surface area contributed by atoms with E-state index in [4.69, 9.17) is 4.18 Å². The molecule has 0 saturated carbocycles. The van der Waals surface area contributed by atoms with Gasteiger partial charge < -0.3 is 14.6 Å². The second kappa shape index (κ2) is 3.77. The highest BCUT2D eigenvalue weighted by Crippen LogP contribution is 2.19. The molecule has 1 rings (SSSR count). The fourth-order valence-corrected chi connectivity index (χ4v) is 1.96. The van der Waals surface area contributed by atoms with Crippen molar-refractivity contribution < 1.29 is 23.6 Å². The molecular weight excluding hydrogens is 184 g/mol. The van der Waals surface area contributed by atoms with Crippen LogP contribution in [0.2, 0.25) is 0 Å². The van der Waals surface area contributed by atoms with Crippen LogP contribution in [0.15, 0.2) is 0 Å². The van der Waals surface area contributed by atoms with Crippen molar-refractivity contribution in [2.24, 2.45) is 0 Å². The van der Waals surface area contributed by atoms with E-state index in [1.54, 1.807) is 0 Å². The van der Waals surface area contributed by atoms with Crippen LogP contribution in [0.25, 0.3) is 0 Å². The van der Waals surface area contributed by atoms with Crippen LogP contribution in [0.4, 0.5) is 4.79 Å². The van der Waals surface area contributed by atoms with E-state index in [-0.39, 0.29) is 0 Å². The lowest BCUT2D eigenvalue weighted by molar-refractivity contribution is -0.234. The maximum absolute atomic E-state index is 10.4. The van der Waals surface area contributed by atoms with Crippen LogP contribution in [0, 0.1) is 0 Å². The van der Waals surface area contributed by atoms with Gasteiger partial charge in [0.15, 0.2) is 5.75 Å². The first-order valence-corrected chi connectivity index (χ1v) is 4.67. The van der Waals surface area contributed by atoms with Crippen LogP contribution in [0.5, 0.6) is 0 Å². The van der Waals surface area contributed by atoms with Gasteiger partial charge in [0.2, 0.25) is 11.2 Å². The molecule has 0 aromatic heterocycles. The standard InChI is InChI=1S/C6H8O5S/c1-4(7)10-5-2-3-12(11-5)6(8)9/h5H,2-3H2,1H3. The van der Waals surface area contributed by atoms with E-state index in [2.05, 4.69) is 4.74 Å². The minimum Gasteiger partial charge on any atom is -0.502 e. The van der Waals surface area contributed by atoms with Crippen LogP contribution < -0.4 is 5.11 Å². The Balaban J connectivity index is 2.35. The van der Waals surface area contributed by atoms with Gasteiger partial charge in [0.1, 0.15) is 0 Å². The molecule has 0 aromatic carbocycles. The van der Waals surface area contributed by atoms with Crippen molar-refractivity contribution in [2.75, 3.05) is 5.75 Å². The van der Waals surface area contributed by atoms with Gasteiger partial charge in [0.25, 0.3) is 6.29 Å². The molecule has 0 radical (unpaired) electrons. The van der Waals surface area contributed by atoms with Gasteiger partial charge in [-0.25, -0.2) is 0 Å². The number of hydrogen-bond donors (Lipinski definition) is 0. The first-order chi connectivity index (χ1) is 5.59. The molecule has 0 amide bonds. The van der Waals surface area contributed by atoms with Gasteiger partial charge in [-0.2, -0.15) is 0 Å². The summed E-state index contributed by atoms with van der Waals surface area (Å²) in [4.78, 5) is 20.7. The third kappa shape index (κ3) is 2.38. The normalized spacial score (nSPS) is 28.4. The molecule has 0 aromatic rings. The molecule has 2 atom stereocenters. The predicted molar refractivity (Wildman–Crippen MR) is 38.9 cm³/mol. The van der Waals surface area contributed by atoms with E-state index in [9.17, 15) is 14.7 Å². The van der Waals surface area contributed by atoms with Crippen molar-refractivity contribution >= 4 is 22.4 Å². The minimum absolute atomic E-state index is 0.361. The lowest BCUT2D eigenvalue weighted by atomic mass is 10.5. The summed E-state index contributed by atoms with van der Waals surface area (Å²) >= 11 is -1.20. The van der Waals surface area contributed by atoms with Crippen molar-refractivity contribution in [1.29, 1.82) is 0 Å². The fourth-order valence-electron chi connectivity index (χ4n) is 0.815. The summed E-state index contributed by atoms with van der Waals surface area (Å²) in [5.74, 6) is -0.107. The monoisotopic (exact) mass is 192 g/mol. The van der Waals surface area contributed by atoms with Gasteiger partial charge >= 0.3 is 11.3 Å². The summed E-state index contributed by atoms with van der Waals surface area (Å²) < 4.78 is 9.50. The quantitative estimate of drug-likeness (QED) is 0.400. The van der Waals surface area contributed by atoms with Gasteiger partial charge in [-0.1, -0.05) is 0 Å². The van der Waals surface area contributed by atoms with Crippen molar-refractivity contribution in [2.45, 2.75) is 19.6 Å². The second-order valence-corrected chi connectivity index (χ2v) is 3.85. The average molecular weight is 192 g/mol. The summed E-state index contributed by atoms with van der Waals surface area (Å²) in [6.07, 6.45) is -0.278. The molecule has 2 unspecified atom stereocenters. The van der Waals surface area contributed by atoms with Crippen LogP contribution in [0.1, 0.15) is 13.3 Å². The smallest absolute Gasteiger partial charge is 0.310 e. The van der Waals surface area contributed by atoms with Crippen LogP contribution in [-0.2, 0) is 24.9 Å². The molecule has 1 saturated heterocycles. The van der Waals surface area contributed by atoms with E-state index in [1.807, 2.05) is 0 Å². The molecule has 6 heteroatoms. The number of ether oxygens (including phenoxy) is 1. The Morgan fingerprint density at radius 1 is 1.67 bits per heavy atom. The van der Waals surface area contributed by atoms with E-state index < -0.39 is 28.7 Å². The van der Waals surface area contributed by atoms with E-state index in [1.165, 1.54) is 6.92 Å². The summed E-state index contributed by atoms with van der Waals surface area (Å²) in [7, 11) is 0. The molecule has 68 valence electrons. The molecule has 1 aliphatic rings. The van der Waals surface area contributed by atoms with Crippen LogP contribution >= 0.6 is 0 Å². The Morgan fingerprint density at radius 2 is 2.33 bits per heavy atom. The summed E-state index contributed by atoms with van der Waals surface area (Å²) in [5.41, 5.74) is 0. The third-order valence-corrected chi connectivity index (χ3v) is 2.67. The third-order valence-electron chi connectivity index (χ3n) is 1.25. The highest BCUT2D eigenvalue weighted by molar-refractivity contribution is 8.06. The second-order valence-electron chi connectivity index (χ2n) is 2.22. The highest BCUT2D eigenvalue weighted by atomic mass is 32.2. The van der Waals surface area contributed by atoms with Crippen molar-refractivity contribution in [3.63, 3.8) is 0 Å². The number of carboxylic acid groups (broad SMARTS) is 1. The Bertz CT molecular complexity index is 204. The molecule has 1 aliphatic heterocycles. The largest absolute Gasteiger partial charge is 0.502 e. The SMILES string of the molecule is CC(=O)OC1CC[S+](C(=O)[O-])O1. The van der Waals surface area contributed by atoms with Gasteiger partial charge in [-0.15, -0.1) is 4.18 Å². The van der Waals surface area contributed by atoms with Gasteiger partial charge in [0, 0.05) is 6.92 Å². The molecular formula is C6H8O5S. The zero-order valence-corrected chi connectivity index (χ0v) is 7.26. The number of carbonyl (C=O) groups is 2. The van der Waals surface area contributed by atoms with Gasteiger partial charge in [-0.05, 0) is 0 Å². The molecule has 5 nitrogen and oxygen atoms in total. The van der Waals surface area contributed by atoms with Crippen LogP contribution in [-0.4, -0.2) is 23.3 Å². The maximum atomic E-state index is 10.4. The van der Waals surface area contributed by atoms with Crippen molar-refractivity contribution in [1.82, 2.24) is 0 Å². The lowest BCUT2D eigenvalue weighted by Crippen LogP contribution is -2.31. The molecule has 0 spiro atoms. The number of hydrogen-bond acceptors (Lipinski definition) is 5. The Hall–Kier alpha value is -0.750. The summed E-state index contributed by atoms with van der Waals surface area (Å²) in [6.45, 7) is 1.25. The molecule has 12 heavy (non-hydrogen) atoms. The zero-order chi connectivity index (χ0) is 9.14. The summed E-state index contributed by atoms with van der Waals surface area (Å²) in [5, 5.41) is 9.04. The zero-order valence-electron chi connectivity index (χ0n) is 6.44. The number of esters is 1. The Kier molecular flexibility index (Phi) is 2.93. The molecule has 0 aliphatic carbocycles. The predicted octanol–water partition coefficient (Wildman–Crippen LogP) is -0.828. The average Bonchev–Trinajstić information content (AvgIpc) is 2.34. The summed E-state index contributed by atoms with van der Waals surface area (Å²) in [6, 6.07) is 0. The number of rotatable bonds is 1. The lowest BCUT2D eigenvalue weighted by Gasteiger charge is -2.04. The minimum atomic E-state index is -1.23. The Morgan fingerprint density at radius 3 is 2.75 bits per heavy atom. The van der Waals surface area contributed by atoms with Crippen molar-refractivity contribution in [3.8, 4) is 0 Å². The Labute approximate surface area is 72.2 Å². The van der Waals surface area contributed by atoms with E-state index in [0.29, 0.717) is 12.2 Å². The van der Waals surface area contributed by atoms with Gasteiger partial charge in [-0.3, -0.25) is 4.79 Å². The van der Waals surface area contributed by atoms with Gasteiger partial charge in [0.05, 0.1) is 6.42 Å².